The van der Waals surface area contributed by atoms with E-state index in [9.17, 15) is 4.79 Å². The molecule has 0 radical (unpaired) electrons. The number of carbonyl (C=O) groups is 1. The Morgan fingerprint density at radius 1 is 0.719 bits per heavy atom. The van der Waals surface area contributed by atoms with Gasteiger partial charge in [0.2, 0.25) is 5.91 Å². The zero-order valence-electron chi connectivity index (χ0n) is 21.3. The maximum Gasteiger partial charge on any atom is 0.220 e. The fraction of sp³-hybridized carbons (Fsp3) is 0.857. The van der Waals surface area contributed by atoms with Crippen LogP contribution in [0.25, 0.3) is 0 Å². The molecule has 1 heterocycles. The highest BCUT2D eigenvalue weighted by Crippen LogP contribution is 2.15. The number of hydrogen-bond acceptors (Lipinski definition) is 2. The van der Waals surface area contributed by atoms with Crippen LogP contribution in [0.5, 0.6) is 0 Å². The predicted octanol–water partition coefficient (Wildman–Crippen LogP) is 8.28. The number of H-pyrrole nitrogens is 1. The summed E-state index contributed by atoms with van der Waals surface area (Å²) in [6.07, 6.45) is 32.7. The third kappa shape index (κ3) is 19.4. The maximum atomic E-state index is 11.8. The topological polar surface area (TPSA) is 57.8 Å². The molecule has 0 spiro atoms. The van der Waals surface area contributed by atoms with Gasteiger partial charge in [-0.05, 0) is 6.42 Å². The van der Waals surface area contributed by atoms with Crippen LogP contribution in [0.2, 0.25) is 0 Å². The van der Waals surface area contributed by atoms with E-state index < -0.39 is 0 Å². The van der Waals surface area contributed by atoms with Crippen LogP contribution in [0.4, 0.5) is 0 Å². The molecule has 0 unspecified atom stereocenters. The molecule has 0 aliphatic rings. The van der Waals surface area contributed by atoms with E-state index in [2.05, 4.69) is 22.2 Å². The Morgan fingerprint density at radius 2 is 1.16 bits per heavy atom. The zero-order valence-corrected chi connectivity index (χ0v) is 21.3. The standard InChI is InChI=1S/C28H53N3O/c1-2-3-4-5-6-7-8-9-10-11-12-13-14-15-16-17-18-19-20-21-22-28(32)30-24-23-27-25-29-26-31-27/h25-26H,2-24H2,1H3,(H,29,31)(H,30,32). The lowest BCUT2D eigenvalue weighted by atomic mass is 10.0. The van der Waals surface area contributed by atoms with Gasteiger partial charge in [-0.1, -0.05) is 129 Å². The van der Waals surface area contributed by atoms with Gasteiger partial charge in [0.1, 0.15) is 0 Å². The van der Waals surface area contributed by atoms with E-state index >= 15 is 0 Å². The van der Waals surface area contributed by atoms with E-state index in [4.69, 9.17) is 0 Å². The van der Waals surface area contributed by atoms with Crippen molar-refractivity contribution in [3.8, 4) is 0 Å². The van der Waals surface area contributed by atoms with Gasteiger partial charge < -0.3 is 10.3 Å². The van der Waals surface area contributed by atoms with E-state index in [-0.39, 0.29) is 5.91 Å². The van der Waals surface area contributed by atoms with Crippen LogP contribution in [0.15, 0.2) is 12.5 Å². The molecular weight excluding hydrogens is 394 g/mol. The van der Waals surface area contributed by atoms with E-state index in [1.807, 2.05) is 6.20 Å². The van der Waals surface area contributed by atoms with Gasteiger partial charge in [0.25, 0.3) is 0 Å². The Bertz CT molecular complexity index is 501. The minimum atomic E-state index is 0.187. The summed E-state index contributed by atoms with van der Waals surface area (Å²) < 4.78 is 0. The summed E-state index contributed by atoms with van der Waals surface area (Å²) in [5, 5.41) is 2.99. The van der Waals surface area contributed by atoms with Gasteiger partial charge >= 0.3 is 0 Å². The van der Waals surface area contributed by atoms with Gasteiger partial charge in [0, 0.05) is 31.3 Å². The number of amides is 1. The van der Waals surface area contributed by atoms with E-state index in [1.54, 1.807) is 6.33 Å². The quantitative estimate of drug-likeness (QED) is 0.157. The Kier molecular flexibility index (Phi) is 20.5. The van der Waals surface area contributed by atoms with Crippen LogP contribution in [0.1, 0.15) is 147 Å². The number of carbonyl (C=O) groups excluding carboxylic acids is 1. The number of aromatic nitrogens is 2. The van der Waals surface area contributed by atoms with Crippen molar-refractivity contribution in [2.75, 3.05) is 6.54 Å². The lowest BCUT2D eigenvalue weighted by Crippen LogP contribution is -2.25. The first-order chi connectivity index (χ1) is 15.8. The molecule has 0 bridgehead atoms. The van der Waals surface area contributed by atoms with Crippen LogP contribution in [-0.4, -0.2) is 22.4 Å². The van der Waals surface area contributed by atoms with Crippen molar-refractivity contribution in [2.24, 2.45) is 0 Å². The number of imidazole rings is 1. The minimum Gasteiger partial charge on any atom is -0.356 e. The van der Waals surface area contributed by atoms with E-state index in [0.29, 0.717) is 13.0 Å². The average molecular weight is 448 g/mol. The number of unbranched alkanes of at least 4 members (excludes halogenated alkanes) is 19. The smallest absolute Gasteiger partial charge is 0.220 e. The predicted molar refractivity (Wildman–Crippen MR) is 138 cm³/mol. The molecule has 1 rings (SSSR count). The normalized spacial score (nSPS) is 11.2. The molecule has 0 atom stereocenters. The van der Waals surface area contributed by atoms with Crippen molar-refractivity contribution in [1.29, 1.82) is 0 Å². The fourth-order valence-electron chi connectivity index (χ4n) is 4.39. The first-order valence-electron chi connectivity index (χ1n) is 14.1. The number of rotatable bonds is 24. The molecule has 1 aromatic rings. The second-order valence-corrected chi connectivity index (χ2v) is 9.64. The van der Waals surface area contributed by atoms with Crippen molar-refractivity contribution in [3.05, 3.63) is 18.2 Å². The van der Waals surface area contributed by atoms with Gasteiger partial charge in [-0.2, -0.15) is 0 Å². The van der Waals surface area contributed by atoms with Crippen LogP contribution in [0, 0.1) is 0 Å². The average Bonchev–Trinajstić information content (AvgIpc) is 3.31. The SMILES string of the molecule is CCCCCCCCCCCCCCCCCCCCCCC(=O)NCCc1cnc[nH]1. The summed E-state index contributed by atoms with van der Waals surface area (Å²) in [6, 6.07) is 0. The lowest BCUT2D eigenvalue weighted by Gasteiger charge is -2.05. The molecule has 32 heavy (non-hydrogen) atoms. The van der Waals surface area contributed by atoms with Crippen molar-refractivity contribution < 1.29 is 4.79 Å². The molecule has 2 N–H and O–H groups in total. The Morgan fingerprint density at radius 3 is 1.56 bits per heavy atom. The number of nitrogens with one attached hydrogen (secondary N) is 2. The summed E-state index contributed by atoms with van der Waals surface area (Å²) in [5.74, 6) is 0.187. The Labute approximate surface area is 199 Å². The fourth-order valence-corrected chi connectivity index (χ4v) is 4.39. The van der Waals surface area contributed by atoms with Crippen LogP contribution >= 0.6 is 0 Å². The number of aromatic amines is 1. The summed E-state index contributed by atoms with van der Waals surface area (Å²) in [5.41, 5.74) is 1.07. The number of hydrogen-bond donors (Lipinski definition) is 2. The largest absolute Gasteiger partial charge is 0.356 e. The zero-order chi connectivity index (χ0) is 23.0. The first kappa shape index (κ1) is 28.7. The highest BCUT2D eigenvalue weighted by molar-refractivity contribution is 5.75. The Hall–Kier alpha value is -1.32. The second-order valence-electron chi connectivity index (χ2n) is 9.64. The third-order valence-electron chi connectivity index (χ3n) is 6.53. The van der Waals surface area contributed by atoms with Crippen LogP contribution in [0.3, 0.4) is 0 Å². The highest BCUT2D eigenvalue weighted by Gasteiger charge is 2.01. The van der Waals surface area contributed by atoms with E-state index in [1.165, 1.54) is 122 Å². The summed E-state index contributed by atoms with van der Waals surface area (Å²) >= 11 is 0. The molecule has 4 nitrogen and oxygen atoms in total. The summed E-state index contributed by atoms with van der Waals surface area (Å²) in [6.45, 7) is 2.99. The third-order valence-corrected chi connectivity index (χ3v) is 6.53. The lowest BCUT2D eigenvalue weighted by molar-refractivity contribution is -0.121. The molecular formula is C28H53N3O. The van der Waals surface area contributed by atoms with Gasteiger partial charge in [0.05, 0.1) is 6.33 Å². The summed E-state index contributed by atoms with van der Waals surface area (Å²) in [4.78, 5) is 18.9. The second kappa shape index (κ2) is 22.9. The van der Waals surface area contributed by atoms with Crippen molar-refractivity contribution in [2.45, 2.75) is 148 Å². The van der Waals surface area contributed by atoms with Gasteiger partial charge in [-0.3, -0.25) is 4.79 Å². The molecule has 1 amide bonds. The van der Waals surface area contributed by atoms with Crippen molar-refractivity contribution in [1.82, 2.24) is 15.3 Å². The van der Waals surface area contributed by atoms with Crippen molar-refractivity contribution >= 4 is 5.91 Å². The van der Waals surface area contributed by atoms with Gasteiger partial charge in [0.15, 0.2) is 0 Å². The monoisotopic (exact) mass is 447 g/mol. The molecule has 0 fully saturated rings. The highest BCUT2D eigenvalue weighted by atomic mass is 16.1. The van der Waals surface area contributed by atoms with Gasteiger partial charge in [-0.15, -0.1) is 0 Å². The summed E-state index contributed by atoms with van der Waals surface area (Å²) in [7, 11) is 0. The molecule has 4 heteroatoms. The Balaban J connectivity index is 1.68. The molecule has 0 saturated heterocycles. The molecule has 0 aliphatic carbocycles. The molecule has 0 aromatic carbocycles. The molecule has 186 valence electrons. The minimum absolute atomic E-state index is 0.187. The number of nitrogens with zero attached hydrogens (tertiary/aromatic N) is 1. The molecule has 1 aromatic heterocycles. The first-order valence-corrected chi connectivity index (χ1v) is 14.1. The maximum absolute atomic E-state index is 11.8. The molecule has 0 aliphatic heterocycles. The molecule has 0 saturated carbocycles. The van der Waals surface area contributed by atoms with Crippen LogP contribution in [-0.2, 0) is 11.2 Å². The van der Waals surface area contributed by atoms with Gasteiger partial charge in [-0.25, -0.2) is 4.98 Å². The van der Waals surface area contributed by atoms with Crippen molar-refractivity contribution in [3.63, 3.8) is 0 Å². The van der Waals surface area contributed by atoms with Crippen LogP contribution < -0.4 is 5.32 Å². The van der Waals surface area contributed by atoms with E-state index in [0.717, 1.165) is 18.5 Å².